The summed E-state index contributed by atoms with van der Waals surface area (Å²) in [7, 11) is -2.23. The molecule has 2 aromatic rings. The SMILES string of the molecule is COc1ccc(N(C[C@@H](O)C[NH+]2CCC(C)CC2)S(=O)(=O)c2ccccc2)cc1. The van der Waals surface area contributed by atoms with Crippen molar-refractivity contribution in [3.63, 3.8) is 0 Å². The monoisotopic (exact) mass is 419 g/mol. The lowest BCUT2D eigenvalue weighted by Crippen LogP contribution is -3.14. The normalized spacial score (nSPS) is 20.8. The molecule has 0 amide bonds. The number of hydrogen-bond acceptors (Lipinski definition) is 4. The second kappa shape index (κ2) is 9.61. The molecule has 7 heteroatoms. The molecule has 0 bridgehead atoms. The summed E-state index contributed by atoms with van der Waals surface area (Å²) < 4.78 is 33.2. The quantitative estimate of drug-likeness (QED) is 0.681. The number of nitrogens with zero attached hydrogens (tertiary/aromatic N) is 1. The van der Waals surface area contributed by atoms with Crippen LogP contribution in [-0.2, 0) is 10.0 Å². The Hall–Kier alpha value is -2.09. The van der Waals surface area contributed by atoms with Crippen molar-refractivity contribution in [3.05, 3.63) is 54.6 Å². The molecule has 0 radical (unpaired) electrons. The topological polar surface area (TPSA) is 71.3 Å². The lowest BCUT2D eigenvalue weighted by molar-refractivity contribution is -0.909. The Bertz CT molecular complexity index is 863. The fourth-order valence-corrected chi connectivity index (χ4v) is 5.30. The Kier molecular flexibility index (Phi) is 7.16. The van der Waals surface area contributed by atoms with E-state index in [1.54, 1.807) is 61.7 Å². The summed E-state index contributed by atoms with van der Waals surface area (Å²) in [6, 6.07) is 15.2. The smallest absolute Gasteiger partial charge is 0.264 e. The minimum Gasteiger partial charge on any atom is -0.497 e. The van der Waals surface area contributed by atoms with Gasteiger partial charge in [0.2, 0.25) is 0 Å². The zero-order valence-electron chi connectivity index (χ0n) is 17.1. The summed E-state index contributed by atoms with van der Waals surface area (Å²) in [5.74, 6) is 1.38. The third-order valence-electron chi connectivity index (χ3n) is 5.57. The van der Waals surface area contributed by atoms with Crippen LogP contribution >= 0.6 is 0 Å². The van der Waals surface area contributed by atoms with E-state index >= 15 is 0 Å². The molecule has 3 rings (SSSR count). The highest BCUT2D eigenvalue weighted by Gasteiger charge is 2.29. The van der Waals surface area contributed by atoms with Gasteiger partial charge in [0.15, 0.2) is 0 Å². The first kappa shape index (κ1) is 21.6. The van der Waals surface area contributed by atoms with Crippen LogP contribution in [0.15, 0.2) is 59.5 Å². The highest BCUT2D eigenvalue weighted by molar-refractivity contribution is 7.92. The number of quaternary nitrogens is 1. The highest BCUT2D eigenvalue weighted by Crippen LogP contribution is 2.26. The average Bonchev–Trinajstić information content (AvgIpc) is 2.74. The molecule has 1 atom stereocenters. The van der Waals surface area contributed by atoms with Crippen molar-refractivity contribution in [2.24, 2.45) is 5.92 Å². The van der Waals surface area contributed by atoms with Crippen molar-refractivity contribution in [3.8, 4) is 5.75 Å². The number of sulfonamides is 1. The Morgan fingerprint density at radius 3 is 2.31 bits per heavy atom. The Morgan fingerprint density at radius 1 is 1.10 bits per heavy atom. The number of hydrogen-bond donors (Lipinski definition) is 2. The maximum absolute atomic E-state index is 13.3. The van der Waals surface area contributed by atoms with Gasteiger partial charge in [-0.1, -0.05) is 25.1 Å². The van der Waals surface area contributed by atoms with Crippen LogP contribution in [0.25, 0.3) is 0 Å². The number of aliphatic hydroxyl groups is 1. The van der Waals surface area contributed by atoms with E-state index in [2.05, 4.69) is 6.92 Å². The first-order valence-electron chi connectivity index (χ1n) is 10.1. The molecule has 2 aromatic carbocycles. The number of benzene rings is 2. The van der Waals surface area contributed by atoms with Gasteiger partial charge in [0, 0.05) is 0 Å². The van der Waals surface area contributed by atoms with E-state index in [9.17, 15) is 13.5 Å². The van der Waals surface area contributed by atoms with E-state index in [4.69, 9.17) is 4.74 Å². The van der Waals surface area contributed by atoms with Crippen LogP contribution in [0.4, 0.5) is 5.69 Å². The molecule has 29 heavy (non-hydrogen) atoms. The molecule has 2 N–H and O–H groups in total. The number of rotatable bonds is 8. The first-order chi connectivity index (χ1) is 13.9. The molecular weight excluding hydrogens is 388 g/mol. The Morgan fingerprint density at radius 2 is 1.72 bits per heavy atom. The molecule has 158 valence electrons. The number of methoxy groups -OCH3 is 1. The van der Waals surface area contributed by atoms with E-state index in [0.717, 1.165) is 31.8 Å². The molecule has 1 aliphatic rings. The van der Waals surface area contributed by atoms with Gasteiger partial charge in [-0.05, 0) is 55.2 Å². The predicted octanol–water partition coefficient (Wildman–Crippen LogP) is 1.57. The molecule has 0 aliphatic carbocycles. The van der Waals surface area contributed by atoms with Crippen LogP contribution in [0.1, 0.15) is 19.8 Å². The van der Waals surface area contributed by atoms with Gasteiger partial charge in [-0.2, -0.15) is 0 Å². The summed E-state index contributed by atoms with van der Waals surface area (Å²) in [4.78, 5) is 1.55. The zero-order valence-corrected chi connectivity index (χ0v) is 17.9. The largest absolute Gasteiger partial charge is 0.497 e. The minimum absolute atomic E-state index is 0.0165. The number of ether oxygens (including phenoxy) is 1. The maximum atomic E-state index is 13.3. The third-order valence-corrected chi connectivity index (χ3v) is 7.38. The molecular formula is C22H31N2O4S+. The second-order valence-corrected chi connectivity index (χ2v) is 9.70. The molecule has 1 heterocycles. The van der Waals surface area contributed by atoms with E-state index in [0.29, 0.717) is 18.0 Å². The van der Waals surface area contributed by atoms with E-state index in [1.807, 2.05) is 0 Å². The van der Waals surface area contributed by atoms with Gasteiger partial charge in [-0.3, -0.25) is 4.31 Å². The Labute approximate surface area is 173 Å². The number of piperidine rings is 1. The highest BCUT2D eigenvalue weighted by atomic mass is 32.2. The van der Waals surface area contributed by atoms with Crippen molar-refractivity contribution >= 4 is 15.7 Å². The fourth-order valence-electron chi connectivity index (χ4n) is 3.77. The van der Waals surface area contributed by atoms with Crippen molar-refractivity contribution in [2.45, 2.75) is 30.8 Å². The van der Waals surface area contributed by atoms with Gasteiger partial charge in [0.05, 0.1) is 37.3 Å². The first-order valence-corrected chi connectivity index (χ1v) is 11.6. The van der Waals surface area contributed by atoms with Crippen LogP contribution in [0, 0.1) is 5.92 Å². The number of aliphatic hydroxyl groups excluding tert-OH is 1. The van der Waals surface area contributed by atoms with Crippen LogP contribution in [-0.4, -0.2) is 52.9 Å². The molecule has 1 saturated heterocycles. The number of anilines is 1. The summed E-state index contributed by atoms with van der Waals surface area (Å²) >= 11 is 0. The van der Waals surface area contributed by atoms with Crippen molar-refractivity contribution < 1.29 is 23.2 Å². The van der Waals surface area contributed by atoms with Crippen LogP contribution in [0.5, 0.6) is 5.75 Å². The summed E-state index contributed by atoms with van der Waals surface area (Å²) in [6.45, 7) is 4.86. The standard InChI is InChI=1S/C22H30N2O4S/c1-18-12-14-23(15-13-18)16-20(25)17-24(19-8-10-21(28-2)11-9-19)29(26,27)22-6-4-3-5-7-22/h3-11,18,20,25H,12-17H2,1-2H3/p+1/t20-/m0/s1. The third kappa shape index (κ3) is 5.50. The fraction of sp³-hybridized carbons (Fsp3) is 0.455. The lowest BCUT2D eigenvalue weighted by atomic mass is 9.99. The summed E-state index contributed by atoms with van der Waals surface area (Å²) in [5.41, 5.74) is 0.510. The van der Waals surface area contributed by atoms with Crippen LogP contribution in [0.3, 0.4) is 0 Å². The molecule has 1 aliphatic heterocycles. The molecule has 0 spiro atoms. The number of nitrogens with one attached hydrogen (secondary N) is 1. The predicted molar refractivity (Wildman–Crippen MR) is 114 cm³/mol. The zero-order chi connectivity index (χ0) is 20.9. The van der Waals surface area contributed by atoms with Crippen molar-refractivity contribution in [1.29, 1.82) is 0 Å². The minimum atomic E-state index is -3.80. The second-order valence-electron chi connectivity index (χ2n) is 7.84. The van der Waals surface area contributed by atoms with Crippen molar-refractivity contribution in [1.82, 2.24) is 0 Å². The van der Waals surface area contributed by atoms with Gasteiger partial charge in [0.1, 0.15) is 18.4 Å². The van der Waals surface area contributed by atoms with E-state index < -0.39 is 16.1 Å². The molecule has 0 aromatic heterocycles. The summed E-state index contributed by atoms with van der Waals surface area (Å²) in [5, 5.41) is 10.8. The van der Waals surface area contributed by atoms with Crippen LogP contribution < -0.4 is 13.9 Å². The van der Waals surface area contributed by atoms with Gasteiger partial charge in [0.25, 0.3) is 10.0 Å². The molecule has 1 fully saturated rings. The molecule has 0 saturated carbocycles. The maximum Gasteiger partial charge on any atom is 0.264 e. The molecule has 0 unspecified atom stereocenters. The van der Waals surface area contributed by atoms with Gasteiger partial charge in [-0.25, -0.2) is 8.42 Å². The van der Waals surface area contributed by atoms with Gasteiger partial charge in [-0.15, -0.1) is 0 Å². The number of likely N-dealkylation sites (tertiary alicyclic amines) is 1. The van der Waals surface area contributed by atoms with Crippen LogP contribution in [0.2, 0.25) is 0 Å². The van der Waals surface area contributed by atoms with Gasteiger partial charge >= 0.3 is 0 Å². The Balaban J connectivity index is 1.82. The van der Waals surface area contributed by atoms with Gasteiger partial charge < -0.3 is 14.7 Å². The molecule has 6 nitrogen and oxygen atoms in total. The average molecular weight is 420 g/mol. The summed E-state index contributed by atoms with van der Waals surface area (Å²) in [6.07, 6.45) is 1.54. The van der Waals surface area contributed by atoms with E-state index in [-0.39, 0.29) is 11.4 Å². The lowest BCUT2D eigenvalue weighted by Gasteiger charge is -2.31. The van der Waals surface area contributed by atoms with E-state index in [1.165, 1.54) is 9.21 Å². The van der Waals surface area contributed by atoms with Crippen molar-refractivity contribution in [2.75, 3.05) is 37.6 Å².